The molecule has 0 aliphatic carbocycles. The standard InChI is InChI=1S/C48H78NO9P/c1-6-8-10-11-12-13-14-15-16-17-18-19-22-25-28-31-35-39-47(51)55-43-46(44-57-59(53,54)56-42-41-49(3,4)5)58-48(52)40-36-32-29-26-23-20-21-24-27-30-34-38-45(50)37-33-9-7-2/h8,10,12-13,15-16,18-21,26-27,29-30,34,38,46H,6-7,9,11,14,17,22-25,28,31-33,35-37,39-44H2,1-5H3/b10-8-,13-12-,16-15-,19-18-,21-20-,29-26-,30-27-,38-34+/t46-/m1/s1. The molecule has 0 bridgehead atoms. The Morgan fingerprint density at radius 1 is 0.593 bits per heavy atom. The Kier molecular flexibility index (Phi) is 36.5. The van der Waals surface area contributed by atoms with Gasteiger partial charge in [0.2, 0.25) is 0 Å². The number of carbonyl (C=O) groups excluding carboxylic acids is 3. The monoisotopic (exact) mass is 844 g/mol. The first-order chi connectivity index (χ1) is 28.4. The maximum Gasteiger partial charge on any atom is 0.306 e. The lowest BCUT2D eigenvalue weighted by atomic mass is 10.1. The fourth-order valence-corrected chi connectivity index (χ4v) is 5.85. The number of phosphoric ester groups is 1. The summed E-state index contributed by atoms with van der Waals surface area (Å²) in [6.07, 6.45) is 47.1. The van der Waals surface area contributed by atoms with Gasteiger partial charge in [0.25, 0.3) is 7.82 Å². The van der Waals surface area contributed by atoms with Crippen LogP contribution < -0.4 is 4.89 Å². The van der Waals surface area contributed by atoms with Crippen molar-refractivity contribution in [3.63, 3.8) is 0 Å². The molecular weight excluding hydrogens is 765 g/mol. The van der Waals surface area contributed by atoms with Crippen LogP contribution in [0.15, 0.2) is 97.2 Å². The molecule has 10 nitrogen and oxygen atoms in total. The van der Waals surface area contributed by atoms with Crippen LogP contribution in [0.5, 0.6) is 0 Å². The summed E-state index contributed by atoms with van der Waals surface area (Å²) in [7, 11) is 1.06. The van der Waals surface area contributed by atoms with Crippen LogP contribution in [0.25, 0.3) is 0 Å². The summed E-state index contributed by atoms with van der Waals surface area (Å²) in [6, 6.07) is 0. The van der Waals surface area contributed by atoms with Gasteiger partial charge >= 0.3 is 11.9 Å². The third-order valence-corrected chi connectivity index (χ3v) is 9.53. The summed E-state index contributed by atoms with van der Waals surface area (Å²) < 4.78 is 33.7. The van der Waals surface area contributed by atoms with Gasteiger partial charge in [-0.1, -0.05) is 131 Å². The first-order valence-electron chi connectivity index (χ1n) is 21.9. The van der Waals surface area contributed by atoms with E-state index in [1.165, 1.54) is 0 Å². The van der Waals surface area contributed by atoms with Gasteiger partial charge < -0.3 is 27.9 Å². The second kappa shape index (κ2) is 38.8. The number of hydrogen-bond donors (Lipinski definition) is 0. The van der Waals surface area contributed by atoms with Gasteiger partial charge in [-0.25, -0.2) is 0 Å². The maximum absolute atomic E-state index is 12.7. The number of allylic oxidation sites excluding steroid dienone is 16. The smallest absolute Gasteiger partial charge is 0.306 e. The molecule has 0 aliphatic rings. The van der Waals surface area contributed by atoms with Crippen molar-refractivity contribution in [2.24, 2.45) is 0 Å². The minimum atomic E-state index is -4.67. The first kappa shape index (κ1) is 55.6. The largest absolute Gasteiger partial charge is 0.756 e. The molecule has 2 atom stereocenters. The van der Waals surface area contributed by atoms with E-state index in [0.717, 1.165) is 83.5 Å². The molecule has 0 spiro atoms. The Bertz CT molecular complexity index is 1380. The van der Waals surface area contributed by atoms with Gasteiger partial charge in [-0.15, -0.1) is 0 Å². The molecule has 0 aliphatic heterocycles. The zero-order valence-electron chi connectivity index (χ0n) is 37.1. The third kappa shape index (κ3) is 42.5. The highest BCUT2D eigenvalue weighted by atomic mass is 31.2. The van der Waals surface area contributed by atoms with Crippen molar-refractivity contribution >= 4 is 25.5 Å². The zero-order chi connectivity index (χ0) is 43.7. The molecule has 0 N–H and O–H groups in total. The number of hydrogen-bond acceptors (Lipinski definition) is 9. The number of ketones is 1. The predicted molar refractivity (Wildman–Crippen MR) is 240 cm³/mol. The normalized spacial score (nSPS) is 14.4. The molecule has 59 heavy (non-hydrogen) atoms. The van der Waals surface area contributed by atoms with Crippen LogP contribution in [-0.2, 0) is 37.5 Å². The highest BCUT2D eigenvalue weighted by Crippen LogP contribution is 2.38. The van der Waals surface area contributed by atoms with Crippen LogP contribution in [0.2, 0.25) is 0 Å². The molecule has 334 valence electrons. The lowest BCUT2D eigenvalue weighted by molar-refractivity contribution is -0.870. The van der Waals surface area contributed by atoms with Crippen molar-refractivity contribution in [1.82, 2.24) is 0 Å². The molecule has 1 unspecified atom stereocenters. The second-order valence-electron chi connectivity index (χ2n) is 15.4. The summed E-state index contributed by atoms with van der Waals surface area (Å²) in [5.41, 5.74) is 0. The Hall–Kier alpha value is -3.40. The maximum atomic E-state index is 12.7. The van der Waals surface area contributed by atoms with E-state index < -0.39 is 32.5 Å². The van der Waals surface area contributed by atoms with Crippen LogP contribution in [-0.4, -0.2) is 75.8 Å². The molecular formula is C48H78NO9P. The van der Waals surface area contributed by atoms with Gasteiger partial charge in [0.05, 0.1) is 27.7 Å². The van der Waals surface area contributed by atoms with Crippen molar-refractivity contribution in [2.45, 2.75) is 142 Å². The average Bonchev–Trinajstić information content (AvgIpc) is 3.18. The van der Waals surface area contributed by atoms with E-state index in [4.69, 9.17) is 18.5 Å². The van der Waals surface area contributed by atoms with Gasteiger partial charge in [0, 0.05) is 19.3 Å². The lowest BCUT2D eigenvalue weighted by Gasteiger charge is -2.28. The Morgan fingerprint density at radius 3 is 1.75 bits per heavy atom. The number of esters is 2. The number of likely N-dealkylation sites (N-methyl/N-ethyl adjacent to an activating group) is 1. The van der Waals surface area contributed by atoms with Crippen molar-refractivity contribution in [3.8, 4) is 0 Å². The molecule has 0 aromatic carbocycles. The molecule has 0 aromatic heterocycles. The molecule has 11 heteroatoms. The zero-order valence-corrected chi connectivity index (χ0v) is 38.0. The minimum absolute atomic E-state index is 0.0619. The van der Waals surface area contributed by atoms with E-state index in [1.54, 1.807) is 12.2 Å². The summed E-state index contributed by atoms with van der Waals surface area (Å²) in [5, 5.41) is 0. The summed E-state index contributed by atoms with van der Waals surface area (Å²) >= 11 is 0. The number of unbranched alkanes of at least 4 members (excludes halogenated alkanes) is 7. The van der Waals surface area contributed by atoms with Crippen LogP contribution in [0, 0.1) is 0 Å². The first-order valence-corrected chi connectivity index (χ1v) is 23.4. The van der Waals surface area contributed by atoms with Gasteiger partial charge in [0.15, 0.2) is 11.9 Å². The second-order valence-corrected chi connectivity index (χ2v) is 16.8. The Labute approximate surface area is 358 Å². The highest BCUT2D eigenvalue weighted by molar-refractivity contribution is 7.45. The van der Waals surface area contributed by atoms with Crippen molar-refractivity contribution < 1.29 is 46.8 Å². The summed E-state index contributed by atoms with van der Waals surface area (Å²) in [6.45, 7) is 3.80. The minimum Gasteiger partial charge on any atom is -0.756 e. The van der Waals surface area contributed by atoms with E-state index in [-0.39, 0.29) is 31.8 Å². The van der Waals surface area contributed by atoms with E-state index in [0.29, 0.717) is 36.7 Å². The van der Waals surface area contributed by atoms with Crippen molar-refractivity contribution in [2.75, 3.05) is 47.5 Å². The fraction of sp³-hybridized carbons (Fsp3) is 0.604. The molecule has 0 heterocycles. The van der Waals surface area contributed by atoms with Crippen molar-refractivity contribution in [3.05, 3.63) is 97.2 Å². The quantitative estimate of drug-likeness (QED) is 0.0113. The molecule has 0 aromatic rings. The number of quaternary nitrogens is 1. The van der Waals surface area contributed by atoms with Crippen LogP contribution in [0.3, 0.4) is 0 Å². The molecule has 0 radical (unpaired) electrons. The SMILES string of the molecule is CC/C=C\C/C=C\C/C=C\C/C=C\CCCCCCC(=O)OC[C@H](COP(=O)([O-])OCC[N+](C)(C)C)OC(=O)CCC/C=C\C/C=C\C/C=C\C=C\C(=O)CCCCC. The lowest BCUT2D eigenvalue weighted by Crippen LogP contribution is -2.37. The van der Waals surface area contributed by atoms with Gasteiger partial charge in [-0.2, -0.15) is 0 Å². The average molecular weight is 844 g/mol. The van der Waals surface area contributed by atoms with Gasteiger partial charge in [-0.3, -0.25) is 18.9 Å². The van der Waals surface area contributed by atoms with E-state index >= 15 is 0 Å². The number of nitrogens with zero attached hydrogens (tertiary/aromatic N) is 1. The molecule has 0 fully saturated rings. The summed E-state index contributed by atoms with van der Waals surface area (Å²) in [5.74, 6) is -0.811. The fourth-order valence-electron chi connectivity index (χ4n) is 5.12. The Balaban J connectivity index is 4.57. The van der Waals surface area contributed by atoms with E-state index in [2.05, 4.69) is 74.6 Å². The summed E-state index contributed by atoms with van der Waals surface area (Å²) in [4.78, 5) is 49.2. The van der Waals surface area contributed by atoms with Crippen LogP contribution in [0.4, 0.5) is 0 Å². The van der Waals surface area contributed by atoms with E-state index in [9.17, 15) is 23.8 Å². The third-order valence-electron chi connectivity index (χ3n) is 8.56. The van der Waals surface area contributed by atoms with Crippen LogP contribution in [0.1, 0.15) is 136 Å². The van der Waals surface area contributed by atoms with Crippen LogP contribution >= 0.6 is 7.82 Å². The number of phosphoric acid groups is 1. The Morgan fingerprint density at radius 2 is 1.14 bits per heavy atom. The topological polar surface area (TPSA) is 128 Å². The number of carbonyl (C=O) groups is 3. The molecule has 0 amide bonds. The van der Waals surface area contributed by atoms with Gasteiger partial charge in [0.1, 0.15) is 19.8 Å². The predicted octanol–water partition coefficient (Wildman–Crippen LogP) is 11.1. The van der Waals surface area contributed by atoms with Crippen molar-refractivity contribution in [1.29, 1.82) is 0 Å². The van der Waals surface area contributed by atoms with E-state index in [1.807, 2.05) is 45.4 Å². The highest BCUT2D eigenvalue weighted by Gasteiger charge is 2.21. The number of rotatable bonds is 38. The number of ether oxygens (including phenoxy) is 2. The van der Waals surface area contributed by atoms with Gasteiger partial charge in [-0.05, 0) is 83.1 Å². The molecule has 0 rings (SSSR count). The molecule has 0 saturated carbocycles. The molecule has 0 saturated heterocycles.